The minimum atomic E-state index is -0.246. The van der Waals surface area contributed by atoms with E-state index in [1.165, 1.54) is 11.1 Å². The Hall–Kier alpha value is -1.07. The highest BCUT2D eigenvalue weighted by Gasteiger charge is 2.36. The predicted molar refractivity (Wildman–Crippen MR) is 92.4 cm³/mol. The topological polar surface area (TPSA) is 41.6 Å². The third kappa shape index (κ3) is 3.26. The molecule has 4 nitrogen and oxygen atoms in total. The average Bonchev–Trinajstić information content (AvgIpc) is 2.56. The van der Waals surface area contributed by atoms with Crippen LogP contribution in [0.4, 0.5) is 4.79 Å². The monoisotopic (exact) mass is 378 g/mol. The summed E-state index contributed by atoms with van der Waals surface area (Å²) in [5, 5.41) is 3.11. The molecule has 124 valence electrons. The number of halogens is 1. The normalized spacial score (nSPS) is 32.2. The van der Waals surface area contributed by atoms with Crippen molar-refractivity contribution in [2.45, 2.75) is 44.2 Å². The highest BCUT2D eigenvalue weighted by Crippen LogP contribution is 2.33. The molecule has 1 aliphatic carbocycles. The molecule has 2 bridgehead atoms. The molecule has 5 rings (SSSR count). The van der Waals surface area contributed by atoms with Gasteiger partial charge in [0.1, 0.15) is 6.10 Å². The van der Waals surface area contributed by atoms with Crippen LogP contribution in [0, 0.1) is 5.92 Å². The van der Waals surface area contributed by atoms with E-state index in [0.29, 0.717) is 5.92 Å². The maximum absolute atomic E-state index is 12.4. The zero-order chi connectivity index (χ0) is 15.8. The number of nitrogens with one attached hydrogen (secondary N) is 1. The molecule has 23 heavy (non-hydrogen) atoms. The molecule has 1 aromatic carbocycles. The van der Waals surface area contributed by atoms with Crippen LogP contribution < -0.4 is 5.32 Å². The van der Waals surface area contributed by atoms with Crippen molar-refractivity contribution in [3.8, 4) is 0 Å². The van der Waals surface area contributed by atoms with E-state index in [-0.39, 0.29) is 18.2 Å². The maximum atomic E-state index is 12.4. The molecular weight excluding hydrogens is 356 g/mol. The number of nitrogens with zero attached hydrogens (tertiary/aromatic N) is 1. The lowest BCUT2D eigenvalue weighted by Crippen LogP contribution is -2.52. The molecule has 0 saturated carbocycles. The molecule has 2 atom stereocenters. The minimum absolute atomic E-state index is 0.0745. The van der Waals surface area contributed by atoms with Gasteiger partial charge in [-0.25, -0.2) is 4.79 Å². The SMILES string of the molecule is O=C(NC1CCCc2cc(Br)ccc21)OC1CN2CCC1CC2. The number of aryl methyl sites for hydroxylation is 1. The maximum Gasteiger partial charge on any atom is 0.407 e. The van der Waals surface area contributed by atoms with Crippen molar-refractivity contribution in [2.24, 2.45) is 5.92 Å². The Morgan fingerprint density at radius 2 is 2.09 bits per heavy atom. The van der Waals surface area contributed by atoms with Gasteiger partial charge in [-0.2, -0.15) is 0 Å². The molecule has 1 aromatic rings. The van der Waals surface area contributed by atoms with E-state index < -0.39 is 0 Å². The Morgan fingerprint density at radius 3 is 2.83 bits per heavy atom. The molecule has 3 heterocycles. The fourth-order valence-corrected chi connectivity index (χ4v) is 4.70. The van der Waals surface area contributed by atoms with E-state index in [1.54, 1.807) is 0 Å². The van der Waals surface area contributed by atoms with Crippen LogP contribution in [0.2, 0.25) is 0 Å². The van der Waals surface area contributed by atoms with Crippen LogP contribution >= 0.6 is 15.9 Å². The van der Waals surface area contributed by atoms with E-state index in [0.717, 1.165) is 56.2 Å². The molecule has 3 fully saturated rings. The standard InChI is InChI=1S/C18H23BrN2O2/c19-14-4-5-15-13(10-14)2-1-3-16(15)20-18(22)23-17-11-21-8-6-12(17)7-9-21/h4-5,10,12,16-17H,1-3,6-9,11H2,(H,20,22). The molecule has 1 amide bonds. The van der Waals surface area contributed by atoms with Gasteiger partial charge in [0, 0.05) is 11.0 Å². The Balaban J connectivity index is 1.40. The van der Waals surface area contributed by atoms with Gasteiger partial charge in [0.05, 0.1) is 6.04 Å². The number of alkyl carbamates (subject to hydrolysis) is 1. The molecule has 1 N–H and O–H groups in total. The Labute approximate surface area is 145 Å². The van der Waals surface area contributed by atoms with Crippen molar-refractivity contribution in [3.63, 3.8) is 0 Å². The van der Waals surface area contributed by atoms with Gasteiger partial charge in [-0.05, 0) is 74.4 Å². The van der Waals surface area contributed by atoms with Crippen LogP contribution in [0.1, 0.15) is 42.9 Å². The predicted octanol–water partition coefficient (Wildman–Crippen LogP) is 3.65. The van der Waals surface area contributed by atoms with Crippen molar-refractivity contribution >= 4 is 22.0 Å². The first kappa shape index (κ1) is 15.5. The summed E-state index contributed by atoms with van der Waals surface area (Å²) < 4.78 is 6.87. The number of hydrogen-bond donors (Lipinski definition) is 1. The minimum Gasteiger partial charge on any atom is -0.445 e. The number of fused-ring (bicyclic) bond motifs is 4. The van der Waals surface area contributed by atoms with Gasteiger partial charge in [-0.3, -0.25) is 4.90 Å². The molecule has 5 heteroatoms. The van der Waals surface area contributed by atoms with Gasteiger partial charge in [0.15, 0.2) is 0 Å². The number of amides is 1. The fraction of sp³-hybridized carbons (Fsp3) is 0.611. The lowest BCUT2D eigenvalue weighted by Gasteiger charge is -2.44. The summed E-state index contributed by atoms with van der Waals surface area (Å²) in [4.78, 5) is 14.8. The van der Waals surface area contributed by atoms with Crippen molar-refractivity contribution in [1.82, 2.24) is 10.2 Å². The second-order valence-electron chi connectivity index (χ2n) is 7.01. The summed E-state index contributed by atoms with van der Waals surface area (Å²) in [5.41, 5.74) is 2.57. The highest BCUT2D eigenvalue weighted by atomic mass is 79.9. The number of piperidine rings is 3. The number of carbonyl (C=O) groups excluding carboxylic acids is 1. The molecule has 4 aliphatic rings. The van der Waals surface area contributed by atoms with Gasteiger partial charge < -0.3 is 10.1 Å². The van der Waals surface area contributed by atoms with E-state index in [9.17, 15) is 4.79 Å². The van der Waals surface area contributed by atoms with E-state index in [4.69, 9.17) is 4.74 Å². The van der Waals surface area contributed by atoms with Gasteiger partial charge in [-0.15, -0.1) is 0 Å². The van der Waals surface area contributed by atoms with Crippen LogP contribution in [-0.2, 0) is 11.2 Å². The largest absolute Gasteiger partial charge is 0.445 e. The van der Waals surface area contributed by atoms with Crippen LogP contribution in [0.3, 0.4) is 0 Å². The average molecular weight is 379 g/mol. The van der Waals surface area contributed by atoms with E-state index in [1.807, 2.05) is 0 Å². The van der Waals surface area contributed by atoms with Gasteiger partial charge in [0.25, 0.3) is 0 Å². The van der Waals surface area contributed by atoms with Crippen LogP contribution in [0.25, 0.3) is 0 Å². The smallest absolute Gasteiger partial charge is 0.407 e. The molecule has 0 spiro atoms. The van der Waals surface area contributed by atoms with Crippen LogP contribution in [-0.4, -0.2) is 36.7 Å². The van der Waals surface area contributed by atoms with Crippen molar-refractivity contribution in [2.75, 3.05) is 19.6 Å². The summed E-state index contributed by atoms with van der Waals surface area (Å²) in [5.74, 6) is 0.556. The van der Waals surface area contributed by atoms with Gasteiger partial charge in [-0.1, -0.05) is 22.0 Å². The zero-order valence-electron chi connectivity index (χ0n) is 13.3. The van der Waals surface area contributed by atoms with E-state index >= 15 is 0 Å². The van der Waals surface area contributed by atoms with Crippen LogP contribution in [0.15, 0.2) is 22.7 Å². The highest BCUT2D eigenvalue weighted by molar-refractivity contribution is 9.10. The zero-order valence-corrected chi connectivity index (χ0v) is 14.8. The summed E-state index contributed by atoms with van der Waals surface area (Å²) in [6.45, 7) is 3.24. The van der Waals surface area contributed by atoms with Crippen molar-refractivity contribution < 1.29 is 9.53 Å². The second kappa shape index (κ2) is 6.44. The summed E-state index contributed by atoms with van der Waals surface area (Å²) in [6, 6.07) is 6.43. The third-order valence-electron chi connectivity index (χ3n) is 5.57. The van der Waals surface area contributed by atoms with Crippen LogP contribution in [0.5, 0.6) is 0 Å². The second-order valence-corrected chi connectivity index (χ2v) is 7.93. The number of rotatable bonds is 2. The molecule has 0 radical (unpaired) electrons. The Morgan fingerprint density at radius 1 is 1.26 bits per heavy atom. The summed E-state index contributed by atoms with van der Waals surface area (Å²) >= 11 is 3.53. The molecule has 3 saturated heterocycles. The summed E-state index contributed by atoms with van der Waals surface area (Å²) in [6.07, 6.45) is 5.34. The number of benzene rings is 1. The first-order chi connectivity index (χ1) is 11.2. The lowest BCUT2D eigenvalue weighted by molar-refractivity contribution is -0.0340. The van der Waals surface area contributed by atoms with Crippen molar-refractivity contribution in [1.29, 1.82) is 0 Å². The molecular formula is C18H23BrN2O2. The first-order valence-electron chi connectivity index (χ1n) is 8.67. The van der Waals surface area contributed by atoms with Crippen molar-refractivity contribution in [3.05, 3.63) is 33.8 Å². The number of carbonyl (C=O) groups is 1. The van der Waals surface area contributed by atoms with E-state index in [2.05, 4.69) is 44.3 Å². The number of hydrogen-bond acceptors (Lipinski definition) is 3. The van der Waals surface area contributed by atoms with Gasteiger partial charge in [0.2, 0.25) is 0 Å². The Kier molecular flexibility index (Phi) is 4.33. The quantitative estimate of drug-likeness (QED) is 0.853. The first-order valence-corrected chi connectivity index (χ1v) is 9.46. The van der Waals surface area contributed by atoms with Gasteiger partial charge >= 0.3 is 6.09 Å². The molecule has 0 aromatic heterocycles. The lowest BCUT2D eigenvalue weighted by atomic mass is 9.86. The third-order valence-corrected chi connectivity index (χ3v) is 6.06. The Bertz CT molecular complexity index is 599. The molecule has 2 unspecified atom stereocenters. The summed E-state index contributed by atoms with van der Waals surface area (Å²) in [7, 11) is 0. The molecule has 3 aliphatic heterocycles. The fourth-order valence-electron chi connectivity index (χ4n) is 4.29. The number of ether oxygens (including phenoxy) is 1.